The third kappa shape index (κ3) is 6.14. The summed E-state index contributed by atoms with van der Waals surface area (Å²) in [7, 11) is 0. The highest BCUT2D eigenvalue weighted by Crippen LogP contribution is 2.37. The van der Waals surface area contributed by atoms with E-state index in [1.165, 1.54) is 0 Å². The minimum absolute atomic E-state index is 0.633. The first-order chi connectivity index (χ1) is 10.1. The number of unbranched alkanes of at least 4 members (excludes halogenated alkanes) is 1. The van der Waals surface area contributed by atoms with Crippen molar-refractivity contribution in [3.8, 4) is 11.5 Å². The maximum Gasteiger partial charge on any atom is 0.175 e. The molecule has 0 spiro atoms. The van der Waals surface area contributed by atoms with Crippen LogP contribution in [0.3, 0.4) is 0 Å². The van der Waals surface area contributed by atoms with E-state index in [1.807, 2.05) is 12.1 Å². The quantitative estimate of drug-likeness (QED) is 0.508. The number of rotatable bonds is 10. The summed E-state index contributed by atoms with van der Waals surface area (Å²) < 4.78 is 12.6. The predicted octanol–water partition coefficient (Wildman–Crippen LogP) is 3.93. The average molecular weight is 359 g/mol. The maximum atomic E-state index is 5.92. The van der Waals surface area contributed by atoms with Gasteiger partial charge in [0, 0.05) is 18.3 Å². The number of nitrogens with two attached hydrogens (primary N) is 1. The lowest BCUT2D eigenvalue weighted by Gasteiger charge is -2.20. The van der Waals surface area contributed by atoms with Crippen molar-refractivity contribution in [1.82, 2.24) is 4.90 Å². The van der Waals surface area contributed by atoms with Crippen molar-refractivity contribution in [1.29, 1.82) is 0 Å². The largest absolute Gasteiger partial charge is 0.490 e. The third-order valence-electron chi connectivity index (χ3n) is 3.34. The molecule has 120 valence electrons. The van der Waals surface area contributed by atoms with E-state index in [0.29, 0.717) is 18.9 Å². The molecule has 4 nitrogen and oxygen atoms in total. The van der Waals surface area contributed by atoms with Crippen molar-refractivity contribution in [3.63, 3.8) is 0 Å². The van der Waals surface area contributed by atoms with E-state index >= 15 is 0 Å². The van der Waals surface area contributed by atoms with Crippen LogP contribution in [0.25, 0.3) is 0 Å². The van der Waals surface area contributed by atoms with Gasteiger partial charge in [-0.1, -0.05) is 27.2 Å². The summed E-state index contributed by atoms with van der Waals surface area (Å²) in [6.45, 7) is 10.7. The van der Waals surface area contributed by atoms with E-state index in [2.05, 4.69) is 41.6 Å². The van der Waals surface area contributed by atoms with Gasteiger partial charge < -0.3 is 20.1 Å². The van der Waals surface area contributed by atoms with Gasteiger partial charge in [0.1, 0.15) is 6.61 Å². The van der Waals surface area contributed by atoms with E-state index in [1.54, 1.807) is 0 Å². The standard InChI is InChI=1S/C16H27BrN2O2/c1-4-7-9-20-15-12-13(18)11-14(17)16(15)21-10-8-19(5-2)6-3/h11-12H,4-10,18H2,1-3H3. The molecule has 0 heterocycles. The van der Waals surface area contributed by atoms with Gasteiger partial charge >= 0.3 is 0 Å². The SMILES string of the molecule is CCCCOc1cc(N)cc(Br)c1OCCN(CC)CC. The van der Waals surface area contributed by atoms with Crippen LogP contribution in [0.4, 0.5) is 5.69 Å². The fourth-order valence-corrected chi connectivity index (χ4v) is 2.55. The van der Waals surface area contributed by atoms with Gasteiger partial charge in [0.25, 0.3) is 0 Å². The Labute approximate surface area is 136 Å². The number of hydrogen-bond acceptors (Lipinski definition) is 4. The Morgan fingerprint density at radius 3 is 2.43 bits per heavy atom. The number of benzene rings is 1. The molecular formula is C16H27BrN2O2. The molecule has 0 saturated carbocycles. The van der Waals surface area contributed by atoms with Crippen LogP contribution >= 0.6 is 15.9 Å². The van der Waals surface area contributed by atoms with Crippen LogP contribution in [-0.4, -0.2) is 37.7 Å². The fraction of sp³-hybridized carbons (Fsp3) is 0.625. The molecule has 0 bridgehead atoms. The summed E-state index contributed by atoms with van der Waals surface area (Å²) in [5.41, 5.74) is 6.55. The lowest BCUT2D eigenvalue weighted by molar-refractivity contribution is 0.211. The zero-order valence-electron chi connectivity index (χ0n) is 13.3. The predicted molar refractivity (Wildman–Crippen MR) is 92.2 cm³/mol. The van der Waals surface area contributed by atoms with Gasteiger partial charge in [-0.2, -0.15) is 0 Å². The number of nitrogen functional groups attached to an aromatic ring is 1. The zero-order chi connectivity index (χ0) is 15.7. The molecule has 0 aromatic heterocycles. The van der Waals surface area contributed by atoms with Gasteiger partial charge in [-0.3, -0.25) is 0 Å². The maximum absolute atomic E-state index is 5.92. The number of hydrogen-bond donors (Lipinski definition) is 1. The van der Waals surface area contributed by atoms with Gasteiger partial charge in [-0.25, -0.2) is 0 Å². The van der Waals surface area contributed by atoms with E-state index in [-0.39, 0.29) is 0 Å². The van der Waals surface area contributed by atoms with E-state index < -0.39 is 0 Å². The molecule has 0 fully saturated rings. The summed E-state index contributed by atoms with van der Waals surface area (Å²) in [6, 6.07) is 3.67. The van der Waals surface area contributed by atoms with Crippen molar-refractivity contribution in [2.45, 2.75) is 33.6 Å². The molecule has 0 aliphatic heterocycles. The molecular weight excluding hydrogens is 332 g/mol. The average Bonchev–Trinajstić information content (AvgIpc) is 2.46. The minimum Gasteiger partial charge on any atom is -0.490 e. The van der Waals surface area contributed by atoms with Crippen LogP contribution in [0.15, 0.2) is 16.6 Å². The van der Waals surface area contributed by atoms with Crippen LogP contribution in [0.1, 0.15) is 33.6 Å². The van der Waals surface area contributed by atoms with Crippen molar-refractivity contribution in [3.05, 3.63) is 16.6 Å². The Kier molecular flexibility index (Phi) is 8.54. The Morgan fingerprint density at radius 2 is 1.81 bits per heavy atom. The van der Waals surface area contributed by atoms with Gasteiger partial charge in [-0.05, 0) is 41.5 Å². The molecule has 0 amide bonds. The highest BCUT2D eigenvalue weighted by molar-refractivity contribution is 9.10. The molecule has 1 rings (SSSR count). The van der Waals surface area contributed by atoms with Crippen molar-refractivity contribution >= 4 is 21.6 Å². The molecule has 0 aliphatic carbocycles. The van der Waals surface area contributed by atoms with Crippen molar-refractivity contribution in [2.24, 2.45) is 0 Å². The summed E-state index contributed by atoms with van der Waals surface area (Å²) in [5.74, 6) is 1.46. The first-order valence-electron chi connectivity index (χ1n) is 7.69. The molecule has 0 saturated heterocycles. The first-order valence-corrected chi connectivity index (χ1v) is 8.48. The first kappa shape index (κ1) is 18.1. The Morgan fingerprint density at radius 1 is 1.10 bits per heavy atom. The molecule has 5 heteroatoms. The fourth-order valence-electron chi connectivity index (χ4n) is 1.98. The number of ether oxygens (including phenoxy) is 2. The number of anilines is 1. The normalized spacial score (nSPS) is 10.9. The lowest BCUT2D eigenvalue weighted by Crippen LogP contribution is -2.28. The summed E-state index contributed by atoms with van der Waals surface area (Å²) in [5, 5.41) is 0. The zero-order valence-corrected chi connectivity index (χ0v) is 14.9. The molecule has 21 heavy (non-hydrogen) atoms. The minimum atomic E-state index is 0.633. The van der Waals surface area contributed by atoms with E-state index in [4.69, 9.17) is 15.2 Å². The molecule has 0 atom stereocenters. The Bertz CT molecular complexity index is 423. The van der Waals surface area contributed by atoms with E-state index in [9.17, 15) is 0 Å². The second-order valence-corrected chi connectivity index (χ2v) is 5.76. The topological polar surface area (TPSA) is 47.7 Å². The van der Waals surface area contributed by atoms with Gasteiger partial charge in [0.05, 0.1) is 11.1 Å². The van der Waals surface area contributed by atoms with Crippen LogP contribution in [-0.2, 0) is 0 Å². The summed E-state index contributed by atoms with van der Waals surface area (Å²) >= 11 is 3.51. The number of nitrogens with zero attached hydrogens (tertiary/aromatic N) is 1. The van der Waals surface area contributed by atoms with E-state index in [0.717, 1.165) is 48.4 Å². The van der Waals surface area contributed by atoms with Crippen molar-refractivity contribution < 1.29 is 9.47 Å². The molecule has 1 aromatic carbocycles. The van der Waals surface area contributed by atoms with Crippen LogP contribution < -0.4 is 15.2 Å². The summed E-state index contributed by atoms with van der Waals surface area (Å²) in [4.78, 5) is 2.32. The molecule has 0 radical (unpaired) electrons. The Balaban J connectivity index is 2.69. The third-order valence-corrected chi connectivity index (χ3v) is 3.92. The summed E-state index contributed by atoms with van der Waals surface area (Å²) in [6.07, 6.45) is 2.12. The van der Waals surface area contributed by atoms with Gasteiger partial charge in [-0.15, -0.1) is 0 Å². The highest BCUT2D eigenvalue weighted by atomic mass is 79.9. The van der Waals surface area contributed by atoms with Crippen molar-refractivity contribution in [2.75, 3.05) is 38.6 Å². The second-order valence-electron chi connectivity index (χ2n) is 4.91. The Hall–Kier alpha value is -0.940. The molecule has 2 N–H and O–H groups in total. The van der Waals surface area contributed by atoms with Gasteiger partial charge in [0.15, 0.2) is 11.5 Å². The highest BCUT2D eigenvalue weighted by Gasteiger charge is 2.12. The molecule has 0 unspecified atom stereocenters. The lowest BCUT2D eigenvalue weighted by atomic mass is 10.3. The molecule has 1 aromatic rings. The second kappa shape index (κ2) is 9.90. The van der Waals surface area contributed by atoms with Crippen LogP contribution in [0.5, 0.6) is 11.5 Å². The van der Waals surface area contributed by atoms with Crippen LogP contribution in [0.2, 0.25) is 0 Å². The monoisotopic (exact) mass is 358 g/mol. The number of likely N-dealkylation sites (N-methyl/N-ethyl adjacent to an activating group) is 1. The smallest absolute Gasteiger partial charge is 0.175 e. The number of halogens is 1. The molecule has 0 aliphatic rings. The van der Waals surface area contributed by atoms with Gasteiger partial charge in [0.2, 0.25) is 0 Å². The van der Waals surface area contributed by atoms with Crippen LogP contribution in [0, 0.1) is 0 Å².